The summed E-state index contributed by atoms with van der Waals surface area (Å²) >= 11 is 1.11. The normalized spacial score (nSPS) is 17.8. The van der Waals surface area contributed by atoms with Crippen LogP contribution >= 0.6 is 11.8 Å². The van der Waals surface area contributed by atoms with Crippen molar-refractivity contribution < 1.29 is 19.5 Å². The lowest BCUT2D eigenvalue weighted by Crippen LogP contribution is -2.42. The molecule has 1 saturated heterocycles. The number of carbonyl (C=O) groups excluding carboxylic acids is 2. The molecule has 246 valence electrons. The number of likely N-dealkylation sites (tertiary alicyclic amines) is 1. The molecule has 2 N–H and O–H groups in total. The van der Waals surface area contributed by atoms with E-state index in [4.69, 9.17) is 4.99 Å². The van der Waals surface area contributed by atoms with Crippen LogP contribution in [0.5, 0.6) is 0 Å². The number of amides is 1. The van der Waals surface area contributed by atoms with Gasteiger partial charge in [-0.3, -0.25) is 14.6 Å². The molecule has 49 heavy (non-hydrogen) atoms. The number of aromatic amines is 1. The molecule has 8 nitrogen and oxygen atoms in total. The Bertz CT molecular complexity index is 1980. The van der Waals surface area contributed by atoms with Gasteiger partial charge in [0.2, 0.25) is 11.7 Å². The van der Waals surface area contributed by atoms with Gasteiger partial charge >= 0.3 is 5.97 Å². The number of fused-ring (bicyclic) bond motifs is 1. The Morgan fingerprint density at radius 2 is 1.57 bits per heavy atom. The quantitative estimate of drug-likeness (QED) is 0.139. The Kier molecular flexibility index (Phi) is 9.26. The first kappa shape index (κ1) is 32.3. The number of hydrogen-bond donors (Lipinski definition) is 2. The average molecular weight is 669 g/mol. The number of H-pyrrole nitrogens is 1. The van der Waals surface area contributed by atoms with Gasteiger partial charge in [0.1, 0.15) is 5.03 Å². The van der Waals surface area contributed by atoms with Crippen LogP contribution in [0.25, 0.3) is 10.9 Å². The van der Waals surface area contributed by atoms with Crippen LogP contribution in [-0.2, 0) is 4.79 Å². The van der Waals surface area contributed by atoms with Crippen LogP contribution in [0.3, 0.4) is 0 Å². The average Bonchev–Trinajstić information content (AvgIpc) is 3.76. The van der Waals surface area contributed by atoms with Crippen LogP contribution < -0.4 is 0 Å². The van der Waals surface area contributed by atoms with Gasteiger partial charge < -0.3 is 15.0 Å². The lowest BCUT2D eigenvalue weighted by molar-refractivity contribution is -0.132. The zero-order chi connectivity index (χ0) is 33.8. The summed E-state index contributed by atoms with van der Waals surface area (Å²) in [5, 5.41) is 11.0. The summed E-state index contributed by atoms with van der Waals surface area (Å²) in [6.07, 6.45) is 6.83. The fourth-order valence-corrected chi connectivity index (χ4v) is 8.30. The summed E-state index contributed by atoms with van der Waals surface area (Å²) in [5.41, 5.74) is 2.40. The molecule has 9 heteroatoms. The number of carboxylic acids is 1. The Hall–Kier alpha value is -5.28. The number of aromatic nitrogens is 2. The number of benzene rings is 3. The van der Waals surface area contributed by atoms with Crippen molar-refractivity contribution in [3.63, 3.8) is 0 Å². The van der Waals surface area contributed by atoms with E-state index in [1.165, 1.54) is 23.4 Å². The number of aliphatic imine (C=N–C) groups is 1. The molecule has 1 amide bonds. The molecule has 1 atom stereocenters. The van der Waals surface area contributed by atoms with Gasteiger partial charge in [-0.25, -0.2) is 9.78 Å². The SMILES string of the molecule is O=C(O)c1cccnc1SC1=CC=NC1(CCC(=O)N1CCC(C(c2ccccc2)c2ccccc2)CC1)C(=O)c1cc2ccccc2[nH]1. The number of carbonyl (C=O) groups is 3. The van der Waals surface area contributed by atoms with E-state index in [1.54, 1.807) is 18.4 Å². The molecule has 3 aromatic carbocycles. The highest BCUT2D eigenvalue weighted by Gasteiger charge is 2.46. The van der Waals surface area contributed by atoms with Gasteiger partial charge in [-0.2, -0.15) is 0 Å². The lowest BCUT2D eigenvalue weighted by atomic mass is 9.76. The van der Waals surface area contributed by atoms with Crippen LogP contribution in [0.15, 0.2) is 130 Å². The molecule has 5 aromatic rings. The van der Waals surface area contributed by atoms with Gasteiger partial charge in [0, 0.05) is 53.6 Å². The van der Waals surface area contributed by atoms with Crippen LogP contribution in [0.4, 0.5) is 0 Å². The van der Waals surface area contributed by atoms with E-state index < -0.39 is 11.5 Å². The minimum atomic E-state index is -1.40. The zero-order valence-electron chi connectivity index (χ0n) is 26.9. The Morgan fingerprint density at radius 1 is 0.898 bits per heavy atom. The maximum absolute atomic E-state index is 14.5. The second-order valence-electron chi connectivity index (χ2n) is 12.5. The van der Waals surface area contributed by atoms with Crippen LogP contribution in [0, 0.1) is 5.92 Å². The van der Waals surface area contributed by atoms with Gasteiger partial charge in [-0.15, -0.1) is 0 Å². The minimum Gasteiger partial charge on any atom is -0.478 e. The van der Waals surface area contributed by atoms with E-state index in [0.717, 1.165) is 35.5 Å². The first-order chi connectivity index (χ1) is 23.9. The molecule has 0 saturated carbocycles. The molecule has 2 aliphatic rings. The van der Waals surface area contributed by atoms with Crippen LogP contribution in [-0.4, -0.2) is 62.5 Å². The maximum Gasteiger partial charge on any atom is 0.338 e. The fourth-order valence-electron chi connectivity index (χ4n) is 7.17. The summed E-state index contributed by atoms with van der Waals surface area (Å²) in [6.45, 7) is 1.28. The Labute approximate surface area is 289 Å². The number of thioether (sulfide) groups is 1. The highest BCUT2D eigenvalue weighted by atomic mass is 32.2. The summed E-state index contributed by atoms with van der Waals surface area (Å²) < 4.78 is 0. The third-order valence-corrected chi connectivity index (χ3v) is 10.9. The van der Waals surface area contributed by atoms with Gasteiger partial charge in [-0.1, -0.05) is 90.6 Å². The van der Waals surface area contributed by atoms with E-state index in [0.29, 0.717) is 29.6 Å². The standard InChI is InChI=1S/C40H36N4O4S/c45-35(44-24-19-29(20-25-44)36(27-10-3-1-4-11-27)28-12-5-2-6-13-28)17-21-40(37(46)33-26-30-14-7-8-16-32(30)43-33)34(18-23-42-40)49-38-31(39(47)48)15-9-22-41-38/h1-16,18,22-23,26,29,36,43H,17,19-21,24-25H2,(H,47,48). The van der Waals surface area contributed by atoms with Gasteiger partial charge in [0.05, 0.1) is 11.3 Å². The number of para-hydroxylation sites is 1. The molecule has 2 aliphatic heterocycles. The van der Waals surface area contributed by atoms with Crippen molar-refractivity contribution in [2.75, 3.05) is 13.1 Å². The first-order valence-corrected chi connectivity index (χ1v) is 17.4. The summed E-state index contributed by atoms with van der Waals surface area (Å²) in [7, 11) is 0. The number of ketones is 1. The number of carboxylic acid groups (broad SMARTS) is 1. The molecular weight excluding hydrogens is 633 g/mol. The largest absolute Gasteiger partial charge is 0.478 e. The monoisotopic (exact) mass is 668 g/mol. The third kappa shape index (κ3) is 6.58. The first-order valence-electron chi connectivity index (χ1n) is 16.6. The van der Waals surface area contributed by atoms with Gasteiger partial charge in [0.25, 0.3) is 0 Å². The van der Waals surface area contributed by atoms with Gasteiger partial charge in [0.15, 0.2) is 5.54 Å². The minimum absolute atomic E-state index is 0.0197. The van der Waals surface area contributed by atoms with E-state index in [1.807, 2.05) is 47.4 Å². The number of rotatable bonds is 11. The zero-order valence-corrected chi connectivity index (χ0v) is 27.7. The smallest absolute Gasteiger partial charge is 0.338 e. The van der Waals surface area contributed by atoms with Crippen molar-refractivity contribution in [1.82, 2.24) is 14.9 Å². The van der Waals surface area contributed by atoms with E-state index in [-0.39, 0.29) is 41.0 Å². The van der Waals surface area contributed by atoms with Crippen molar-refractivity contribution in [2.24, 2.45) is 10.9 Å². The number of pyridine rings is 1. The summed E-state index contributed by atoms with van der Waals surface area (Å²) in [6, 6.07) is 33.7. The predicted molar refractivity (Wildman–Crippen MR) is 192 cm³/mol. The molecule has 1 fully saturated rings. The van der Waals surface area contributed by atoms with Gasteiger partial charge in [-0.05, 0) is 66.6 Å². The fraction of sp³-hybridized carbons (Fsp3) is 0.225. The second kappa shape index (κ2) is 14.1. The van der Waals surface area contributed by atoms with Crippen molar-refractivity contribution in [2.45, 2.75) is 42.2 Å². The summed E-state index contributed by atoms with van der Waals surface area (Å²) in [4.78, 5) is 55.1. The van der Waals surface area contributed by atoms with E-state index in [9.17, 15) is 19.5 Å². The Morgan fingerprint density at radius 3 is 2.24 bits per heavy atom. The lowest BCUT2D eigenvalue weighted by Gasteiger charge is -2.37. The Balaban J connectivity index is 1.11. The molecule has 7 rings (SSSR count). The molecule has 0 aliphatic carbocycles. The molecule has 1 unspecified atom stereocenters. The van der Waals surface area contributed by atoms with Crippen molar-refractivity contribution in [1.29, 1.82) is 0 Å². The summed E-state index contributed by atoms with van der Waals surface area (Å²) in [5.74, 6) is -0.770. The highest BCUT2D eigenvalue weighted by molar-refractivity contribution is 8.03. The molecule has 0 bridgehead atoms. The van der Waals surface area contributed by atoms with Crippen molar-refractivity contribution >= 4 is 46.5 Å². The molecule has 4 heterocycles. The molecule has 0 radical (unpaired) electrons. The van der Waals surface area contributed by atoms with Crippen LogP contribution in [0.2, 0.25) is 0 Å². The molecule has 0 spiro atoms. The van der Waals surface area contributed by atoms with Crippen molar-refractivity contribution in [3.8, 4) is 0 Å². The van der Waals surface area contributed by atoms with E-state index in [2.05, 4.69) is 58.5 Å². The number of Topliss-reactive ketones (excluding diaryl/α,β-unsaturated/α-hetero) is 1. The van der Waals surface area contributed by atoms with Crippen LogP contribution in [0.1, 0.15) is 63.6 Å². The number of piperidine rings is 1. The maximum atomic E-state index is 14.5. The molecular formula is C40H36N4O4S. The third-order valence-electron chi connectivity index (χ3n) is 9.67. The number of nitrogens with zero attached hydrogens (tertiary/aromatic N) is 3. The number of hydrogen-bond acceptors (Lipinski definition) is 6. The highest BCUT2D eigenvalue weighted by Crippen LogP contribution is 2.44. The predicted octanol–water partition coefficient (Wildman–Crippen LogP) is 7.79. The number of aromatic carboxylic acids is 1. The second-order valence-corrected chi connectivity index (χ2v) is 13.6. The van der Waals surface area contributed by atoms with Crippen molar-refractivity contribution in [3.05, 3.63) is 143 Å². The molecule has 2 aromatic heterocycles. The topological polar surface area (TPSA) is 116 Å². The van der Waals surface area contributed by atoms with E-state index >= 15 is 0 Å². The number of allylic oxidation sites excluding steroid dienone is 1. The number of nitrogens with one attached hydrogen (secondary N) is 1.